The number of hydrogen-bond donors (Lipinski definition) is 0. The number of carbonyl (C=O) groups is 1. The van der Waals surface area contributed by atoms with Gasteiger partial charge in [0.05, 0.1) is 4.90 Å². The van der Waals surface area contributed by atoms with Crippen LogP contribution in [0.4, 0.5) is 0 Å². The first-order chi connectivity index (χ1) is 10.4. The van der Waals surface area contributed by atoms with Crippen molar-refractivity contribution in [3.05, 3.63) is 59.4 Å². The summed E-state index contributed by atoms with van der Waals surface area (Å²) in [5.41, 5.74) is 2.20. The molecule has 0 aliphatic rings. The molecule has 2 aromatic rings. The minimum atomic E-state index is -3.20. The van der Waals surface area contributed by atoms with Crippen LogP contribution in [0.5, 0.6) is 0 Å². The highest BCUT2D eigenvalue weighted by atomic mass is 32.2. The number of nitrogens with zero attached hydrogens (tertiary/aromatic N) is 1. The maximum Gasteiger partial charge on any atom is 0.175 e. The molecule has 0 amide bonds. The molecule has 0 N–H and O–H groups in total. The average Bonchev–Trinajstić information content (AvgIpc) is 2.49. The molecule has 0 radical (unpaired) electrons. The molecule has 0 unspecified atom stereocenters. The second-order valence-electron chi connectivity index (χ2n) is 4.70. The molecule has 2 rings (SSSR count). The summed E-state index contributed by atoms with van der Waals surface area (Å²) in [6, 6.07) is 9.90. The van der Waals surface area contributed by atoms with Crippen molar-refractivity contribution in [1.29, 1.82) is 0 Å². The summed E-state index contributed by atoms with van der Waals surface area (Å²) >= 11 is 0. The van der Waals surface area contributed by atoms with E-state index in [2.05, 4.69) is 4.98 Å². The van der Waals surface area contributed by atoms with Gasteiger partial charge in [-0.3, -0.25) is 9.78 Å². The largest absolute Gasteiger partial charge is 0.294 e. The Balaban J connectivity index is 0.00000116. The second kappa shape index (κ2) is 7.84. The van der Waals surface area contributed by atoms with Crippen LogP contribution in [0, 0.1) is 6.92 Å². The fourth-order valence-corrected chi connectivity index (χ4v) is 2.41. The van der Waals surface area contributed by atoms with Gasteiger partial charge in [-0.2, -0.15) is 0 Å². The van der Waals surface area contributed by atoms with Gasteiger partial charge in [0.1, 0.15) is 0 Å². The van der Waals surface area contributed by atoms with Crippen LogP contribution in [0.2, 0.25) is 0 Å². The molecule has 118 valence electrons. The number of Topliss-reactive ketones (excluding diaryl/α,β-unsaturated/α-hetero) is 1. The maximum atomic E-state index is 12.0. The van der Waals surface area contributed by atoms with Crippen LogP contribution < -0.4 is 0 Å². The molecule has 0 atom stereocenters. The lowest BCUT2D eigenvalue weighted by atomic mass is 10.0. The third-order valence-corrected chi connectivity index (χ3v) is 4.08. The Hall–Kier alpha value is -2.01. The quantitative estimate of drug-likeness (QED) is 0.812. The van der Waals surface area contributed by atoms with Crippen LogP contribution >= 0.6 is 0 Å². The van der Waals surface area contributed by atoms with Crippen LogP contribution in [0.25, 0.3) is 0 Å². The molecule has 0 fully saturated rings. The summed E-state index contributed by atoms with van der Waals surface area (Å²) < 4.78 is 22.7. The van der Waals surface area contributed by atoms with E-state index in [1.165, 1.54) is 12.1 Å². The number of aromatic nitrogens is 1. The van der Waals surface area contributed by atoms with E-state index in [0.29, 0.717) is 5.56 Å². The van der Waals surface area contributed by atoms with Crippen molar-refractivity contribution in [2.24, 2.45) is 0 Å². The van der Waals surface area contributed by atoms with E-state index in [9.17, 15) is 13.2 Å². The molecule has 1 heterocycles. The number of hydrogen-bond acceptors (Lipinski definition) is 4. The minimum absolute atomic E-state index is 0.0374. The highest BCUT2D eigenvalue weighted by Gasteiger charge is 2.10. The van der Waals surface area contributed by atoms with Crippen molar-refractivity contribution in [3.8, 4) is 0 Å². The molecule has 0 bridgehead atoms. The van der Waals surface area contributed by atoms with Crippen LogP contribution in [0.1, 0.15) is 35.5 Å². The van der Waals surface area contributed by atoms with Crippen molar-refractivity contribution in [1.82, 2.24) is 4.98 Å². The van der Waals surface area contributed by atoms with E-state index in [1.54, 1.807) is 30.5 Å². The van der Waals surface area contributed by atoms with Gasteiger partial charge in [0.25, 0.3) is 0 Å². The molecule has 1 aromatic heterocycles. The zero-order valence-electron chi connectivity index (χ0n) is 13.3. The van der Waals surface area contributed by atoms with Crippen molar-refractivity contribution >= 4 is 15.6 Å². The predicted molar refractivity (Wildman–Crippen MR) is 87.9 cm³/mol. The van der Waals surface area contributed by atoms with Gasteiger partial charge in [-0.1, -0.05) is 26.0 Å². The smallest absolute Gasteiger partial charge is 0.175 e. The number of sulfone groups is 1. The Kier molecular flexibility index (Phi) is 6.43. The molecule has 0 aliphatic heterocycles. The first kappa shape index (κ1) is 18.0. The van der Waals surface area contributed by atoms with Gasteiger partial charge in [-0.05, 0) is 36.8 Å². The highest BCUT2D eigenvalue weighted by Crippen LogP contribution is 2.12. The van der Waals surface area contributed by atoms with E-state index < -0.39 is 9.84 Å². The monoisotopic (exact) mass is 319 g/mol. The van der Waals surface area contributed by atoms with Gasteiger partial charge >= 0.3 is 0 Å². The number of rotatable bonds is 4. The van der Waals surface area contributed by atoms with Gasteiger partial charge in [-0.25, -0.2) is 8.42 Å². The molecule has 22 heavy (non-hydrogen) atoms. The highest BCUT2D eigenvalue weighted by molar-refractivity contribution is 7.90. The van der Waals surface area contributed by atoms with E-state index >= 15 is 0 Å². The molecule has 1 aromatic carbocycles. The Morgan fingerprint density at radius 1 is 1.05 bits per heavy atom. The molecule has 0 saturated carbocycles. The van der Waals surface area contributed by atoms with Crippen molar-refractivity contribution < 1.29 is 13.2 Å². The number of aryl methyl sites for hydroxylation is 1. The van der Waals surface area contributed by atoms with Crippen molar-refractivity contribution in [2.75, 3.05) is 6.26 Å². The molecular weight excluding hydrogens is 298 g/mol. The summed E-state index contributed by atoms with van der Waals surface area (Å²) in [7, 11) is -3.20. The van der Waals surface area contributed by atoms with Crippen LogP contribution in [0.15, 0.2) is 47.5 Å². The summed E-state index contributed by atoms with van der Waals surface area (Å²) in [5.74, 6) is -0.0374. The minimum Gasteiger partial charge on any atom is -0.294 e. The fraction of sp³-hybridized carbons (Fsp3) is 0.294. The summed E-state index contributed by atoms with van der Waals surface area (Å²) in [4.78, 5) is 16.4. The predicted octanol–water partition coefficient (Wildman–Crippen LogP) is 3.25. The van der Waals surface area contributed by atoms with E-state index in [1.807, 2.05) is 20.8 Å². The number of ketones is 1. The Morgan fingerprint density at radius 2 is 1.64 bits per heavy atom. The lowest BCUT2D eigenvalue weighted by Crippen LogP contribution is -2.05. The molecule has 5 heteroatoms. The average molecular weight is 319 g/mol. The molecule has 4 nitrogen and oxygen atoms in total. The van der Waals surface area contributed by atoms with Crippen molar-refractivity contribution in [2.45, 2.75) is 32.1 Å². The Morgan fingerprint density at radius 3 is 2.09 bits per heavy atom. The molecular formula is C17H21NO3S. The topological polar surface area (TPSA) is 64.1 Å². The fourth-order valence-electron chi connectivity index (χ4n) is 1.77. The summed E-state index contributed by atoms with van der Waals surface area (Å²) in [6.45, 7) is 5.86. The SMILES string of the molecule is CC.Cc1ccc(C(=O)Cc2ccc(S(C)(=O)=O)cc2)cn1. The number of benzene rings is 1. The normalized spacial score (nSPS) is 10.5. The molecule has 0 spiro atoms. The lowest BCUT2D eigenvalue weighted by molar-refractivity contribution is 0.0992. The van der Waals surface area contributed by atoms with Crippen molar-refractivity contribution in [3.63, 3.8) is 0 Å². The third-order valence-electron chi connectivity index (χ3n) is 2.95. The van der Waals surface area contributed by atoms with Gasteiger partial charge in [0.15, 0.2) is 15.6 Å². The van der Waals surface area contributed by atoms with Crippen LogP contribution in [-0.2, 0) is 16.3 Å². The first-order valence-corrected chi connectivity index (χ1v) is 9.00. The first-order valence-electron chi connectivity index (χ1n) is 7.11. The summed E-state index contributed by atoms with van der Waals surface area (Å²) in [6.07, 6.45) is 2.95. The number of pyridine rings is 1. The second-order valence-corrected chi connectivity index (χ2v) is 6.72. The Bertz CT molecular complexity index is 718. The molecule has 0 aliphatic carbocycles. The van der Waals surface area contributed by atoms with Gasteiger partial charge in [0.2, 0.25) is 0 Å². The zero-order chi connectivity index (χ0) is 16.8. The van der Waals surface area contributed by atoms with Gasteiger partial charge in [0, 0.05) is 30.1 Å². The third kappa shape index (κ3) is 5.07. The van der Waals surface area contributed by atoms with Crippen LogP contribution in [-0.4, -0.2) is 25.4 Å². The van der Waals surface area contributed by atoms with Gasteiger partial charge in [-0.15, -0.1) is 0 Å². The van der Waals surface area contributed by atoms with Crippen LogP contribution in [0.3, 0.4) is 0 Å². The van der Waals surface area contributed by atoms with Gasteiger partial charge < -0.3 is 0 Å². The molecule has 0 saturated heterocycles. The van der Waals surface area contributed by atoms with E-state index in [0.717, 1.165) is 17.5 Å². The Labute approximate surface area is 132 Å². The zero-order valence-corrected chi connectivity index (χ0v) is 14.1. The summed E-state index contributed by atoms with van der Waals surface area (Å²) in [5, 5.41) is 0. The standard InChI is InChI=1S/C15H15NO3S.C2H6/c1-11-3-6-13(10-16-11)15(17)9-12-4-7-14(8-5-12)20(2,18)19;1-2/h3-8,10H,9H2,1-2H3;1-2H3. The number of carbonyl (C=O) groups excluding carboxylic acids is 1. The van der Waals surface area contributed by atoms with E-state index in [4.69, 9.17) is 0 Å². The maximum absolute atomic E-state index is 12.0. The lowest BCUT2D eigenvalue weighted by Gasteiger charge is -2.03. The van der Waals surface area contributed by atoms with E-state index in [-0.39, 0.29) is 17.1 Å².